The van der Waals surface area contributed by atoms with Crippen LogP contribution in [0.25, 0.3) is 0 Å². The molecule has 0 aliphatic heterocycles. The average molecular weight is 758 g/mol. The molecule has 4 aromatic rings. The molecule has 0 amide bonds. The molecule has 56 heavy (non-hydrogen) atoms. The highest BCUT2D eigenvalue weighted by Gasteiger charge is 2.10. The van der Waals surface area contributed by atoms with Crippen LogP contribution >= 0.6 is 0 Å². The van der Waals surface area contributed by atoms with Crippen LogP contribution in [0.15, 0.2) is 138 Å². The average Bonchev–Trinajstić information content (AvgIpc) is 3.23. The van der Waals surface area contributed by atoms with E-state index in [-0.39, 0.29) is 0 Å². The number of hydrogen-bond donors (Lipinski definition) is 0. The fraction of sp³-hybridized carbons (Fsp3) is 0.244. The lowest BCUT2D eigenvalue weighted by Gasteiger charge is -2.08. The molecule has 11 heteroatoms. The first-order chi connectivity index (χ1) is 27.3. The number of rotatable bonds is 22. The molecule has 0 atom stereocenters. The number of nitrogens with zero attached hydrogens (tertiary/aromatic N) is 3. The second kappa shape index (κ2) is 23.2. The van der Waals surface area contributed by atoms with Gasteiger partial charge in [0.25, 0.3) is 0 Å². The third-order valence-electron chi connectivity index (χ3n) is 8.11. The van der Waals surface area contributed by atoms with Gasteiger partial charge in [-0.25, -0.2) is 14.4 Å². The Morgan fingerprint density at radius 1 is 0.589 bits per heavy atom. The van der Waals surface area contributed by atoms with Crippen LogP contribution in [0.5, 0.6) is 17.2 Å². The first kappa shape index (κ1) is 42.1. The summed E-state index contributed by atoms with van der Waals surface area (Å²) in [5.74, 6) is 0.468. The maximum absolute atomic E-state index is 12.8. The van der Waals surface area contributed by atoms with E-state index in [1.165, 1.54) is 0 Å². The van der Waals surface area contributed by atoms with Crippen LogP contribution in [0.4, 0.5) is 5.69 Å². The summed E-state index contributed by atoms with van der Waals surface area (Å²) in [6, 6.07) is 29.4. The van der Waals surface area contributed by atoms with Gasteiger partial charge in [0.2, 0.25) is 0 Å². The summed E-state index contributed by atoms with van der Waals surface area (Å²) in [7, 11) is 0. The standard InChI is InChI=1S/C45H47N3O8/c1-5-42(36-16-26-41(27-17-36)56-45(51)37-18-24-40(25-19-37)53-29-9-11-31-55-44(50)7-3)48-47-33(4)35-14-20-38(21-15-35)46-32-34-12-22-39(23-13-34)52-28-8-10-30-54-43(49)6-2/h6-7,12-27,32H,2-3,5,8-11,28-31H2,1,4H3/b46-32+,47-33+,48-42+. The minimum absolute atomic E-state index is 0.313. The molecule has 290 valence electrons. The van der Waals surface area contributed by atoms with Crippen LogP contribution in [0.2, 0.25) is 0 Å². The van der Waals surface area contributed by atoms with E-state index in [1.807, 2.05) is 74.5 Å². The minimum atomic E-state index is -0.481. The SMILES string of the molecule is C=CC(=O)OCCCCOc1ccc(/C=N/c2ccc(/C(C)=N/N=C(\CC)c3ccc(OC(=O)c4ccc(OCCCCOC(=O)C=C)cc4)cc3)cc2)cc1. The first-order valence-corrected chi connectivity index (χ1v) is 18.4. The summed E-state index contributed by atoms with van der Waals surface area (Å²) in [6.45, 7) is 12.3. The second-order valence-corrected chi connectivity index (χ2v) is 12.3. The highest BCUT2D eigenvalue weighted by atomic mass is 16.5. The number of benzene rings is 4. The molecule has 0 fully saturated rings. The van der Waals surface area contributed by atoms with Crippen molar-refractivity contribution in [3.05, 3.63) is 145 Å². The molecule has 0 aromatic heterocycles. The van der Waals surface area contributed by atoms with E-state index < -0.39 is 17.9 Å². The minimum Gasteiger partial charge on any atom is -0.494 e. The van der Waals surface area contributed by atoms with E-state index in [0.29, 0.717) is 62.8 Å². The number of ether oxygens (including phenoxy) is 5. The number of carbonyl (C=O) groups is 3. The summed E-state index contributed by atoms with van der Waals surface area (Å²) < 4.78 is 26.9. The zero-order valence-corrected chi connectivity index (χ0v) is 31.9. The largest absolute Gasteiger partial charge is 0.494 e. The summed E-state index contributed by atoms with van der Waals surface area (Å²) in [4.78, 5) is 39.5. The molecule has 0 unspecified atom stereocenters. The summed E-state index contributed by atoms with van der Waals surface area (Å²) in [5, 5.41) is 9.02. The fourth-order valence-corrected chi connectivity index (χ4v) is 4.93. The third-order valence-corrected chi connectivity index (χ3v) is 8.11. The Labute approximate surface area is 328 Å². The Balaban J connectivity index is 1.22. The Kier molecular flexibility index (Phi) is 17.5. The number of unbranched alkanes of at least 4 members (excludes halogenated alkanes) is 2. The molecule has 0 heterocycles. The molecule has 0 aliphatic rings. The lowest BCUT2D eigenvalue weighted by Crippen LogP contribution is -2.09. The van der Waals surface area contributed by atoms with Crippen LogP contribution in [-0.2, 0) is 19.1 Å². The second-order valence-electron chi connectivity index (χ2n) is 12.3. The summed E-state index contributed by atoms with van der Waals surface area (Å²) in [5.41, 5.74) is 5.48. The smallest absolute Gasteiger partial charge is 0.343 e. The molecule has 0 spiro atoms. The van der Waals surface area contributed by atoms with E-state index in [1.54, 1.807) is 42.6 Å². The van der Waals surface area contributed by atoms with Crippen molar-refractivity contribution < 1.29 is 38.1 Å². The molecular formula is C45H47N3O8. The van der Waals surface area contributed by atoms with Crippen molar-refractivity contribution in [2.24, 2.45) is 15.2 Å². The van der Waals surface area contributed by atoms with Crippen molar-refractivity contribution in [3.8, 4) is 17.2 Å². The van der Waals surface area contributed by atoms with Crippen LogP contribution in [0, 0.1) is 0 Å². The van der Waals surface area contributed by atoms with Crippen molar-refractivity contribution in [1.82, 2.24) is 0 Å². The highest BCUT2D eigenvalue weighted by Crippen LogP contribution is 2.19. The van der Waals surface area contributed by atoms with Crippen LogP contribution < -0.4 is 14.2 Å². The number of carbonyl (C=O) groups excluding carboxylic acids is 3. The van der Waals surface area contributed by atoms with E-state index in [9.17, 15) is 14.4 Å². The molecule has 0 radical (unpaired) electrons. The zero-order valence-electron chi connectivity index (χ0n) is 31.9. The molecule has 0 bridgehead atoms. The van der Waals surface area contributed by atoms with E-state index in [2.05, 4.69) is 28.4 Å². The van der Waals surface area contributed by atoms with Gasteiger partial charge >= 0.3 is 17.9 Å². The topological polar surface area (TPSA) is 134 Å². The number of esters is 3. The summed E-state index contributed by atoms with van der Waals surface area (Å²) in [6.07, 6.45) is 7.62. The van der Waals surface area contributed by atoms with E-state index >= 15 is 0 Å². The van der Waals surface area contributed by atoms with Gasteiger partial charge in [0.05, 0.1) is 49.1 Å². The van der Waals surface area contributed by atoms with Gasteiger partial charge in [0.15, 0.2) is 0 Å². The molecule has 4 aromatic carbocycles. The van der Waals surface area contributed by atoms with Gasteiger partial charge in [-0.05, 0) is 141 Å². The predicted octanol–water partition coefficient (Wildman–Crippen LogP) is 9.06. The molecule has 11 nitrogen and oxygen atoms in total. The molecule has 4 rings (SSSR count). The Bertz CT molecular complexity index is 1980. The van der Waals surface area contributed by atoms with Gasteiger partial charge in [0, 0.05) is 18.4 Å². The summed E-state index contributed by atoms with van der Waals surface area (Å²) >= 11 is 0. The van der Waals surface area contributed by atoms with Gasteiger partial charge < -0.3 is 23.7 Å². The van der Waals surface area contributed by atoms with Crippen molar-refractivity contribution >= 4 is 41.2 Å². The monoisotopic (exact) mass is 757 g/mol. The Morgan fingerprint density at radius 2 is 1.07 bits per heavy atom. The van der Waals surface area contributed by atoms with Crippen molar-refractivity contribution in [1.29, 1.82) is 0 Å². The normalized spacial score (nSPS) is 11.5. The Hall–Kier alpha value is -6.62. The van der Waals surface area contributed by atoms with Gasteiger partial charge in [0.1, 0.15) is 17.2 Å². The third kappa shape index (κ3) is 14.7. The van der Waals surface area contributed by atoms with E-state index in [4.69, 9.17) is 23.7 Å². The van der Waals surface area contributed by atoms with Crippen molar-refractivity contribution in [2.45, 2.75) is 46.0 Å². The van der Waals surface area contributed by atoms with Crippen LogP contribution in [0.1, 0.15) is 73.0 Å². The van der Waals surface area contributed by atoms with Crippen LogP contribution in [0.3, 0.4) is 0 Å². The van der Waals surface area contributed by atoms with Gasteiger partial charge in [-0.15, -0.1) is 0 Å². The van der Waals surface area contributed by atoms with Gasteiger partial charge in [-0.1, -0.05) is 32.2 Å². The molecule has 0 saturated carbocycles. The lowest BCUT2D eigenvalue weighted by atomic mass is 10.1. The number of aliphatic imine (C=N–C) groups is 1. The maximum atomic E-state index is 12.8. The lowest BCUT2D eigenvalue weighted by molar-refractivity contribution is -0.138. The Morgan fingerprint density at radius 3 is 1.61 bits per heavy atom. The number of hydrogen-bond acceptors (Lipinski definition) is 11. The van der Waals surface area contributed by atoms with Crippen LogP contribution in [-0.4, -0.2) is 62.0 Å². The van der Waals surface area contributed by atoms with Crippen molar-refractivity contribution in [3.63, 3.8) is 0 Å². The molecule has 0 N–H and O–H groups in total. The zero-order chi connectivity index (χ0) is 40.0. The molecule has 0 aliphatic carbocycles. The quantitative estimate of drug-likeness (QED) is 0.0194. The molecular weight excluding hydrogens is 711 g/mol. The molecule has 0 saturated heterocycles. The first-order valence-electron chi connectivity index (χ1n) is 18.4. The van der Waals surface area contributed by atoms with Crippen molar-refractivity contribution in [2.75, 3.05) is 26.4 Å². The van der Waals surface area contributed by atoms with Gasteiger partial charge in [-0.2, -0.15) is 10.2 Å². The predicted molar refractivity (Wildman–Crippen MR) is 219 cm³/mol. The van der Waals surface area contributed by atoms with Gasteiger partial charge in [-0.3, -0.25) is 4.99 Å². The maximum Gasteiger partial charge on any atom is 0.343 e. The highest BCUT2D eigenvalue weighted by molar-refractivity contribution is 6.03. The van der Waals surface area contributed by atoms with E-state index in [0.717, 1.165) is 64.5 Å². The fourth-order valence-electron chi connectivity index (χ4n) is 4.93.